The van der Waals surface area contributed by atoms with Crippen LogP contribution in [0.2, 0.25) is 0 Å². The van der Waals surface area contributed by atoms with Crippen LogP contribution in [0.4, 0.5) is 5.69 Å². The van der Waals surface area contributed by atoms with Gasteiger partial charge in [0.05, 0.1) is 18.4 Å². The van der Waals surface area contributed by atoms with E-state index in [1.54, 1.807) is 18.2 Å². The Morgan fingerprint density at radius 2 is 2.09 bits per heavy atom. The third-order valence-corrected chi connectivity index (χ3v) is 4.82. The van der Waals surface area contributed by atoms with Crippen LogP contribution in [0, 0.1) is 6.57 Å². The zero-order valence-corrected chi connectivity index (χ0v) is 17.5. The van der Waals surface area contributed by atoms with E-state index in [2.05, 4.69) is 20.1 Å². The first kappa shape index (κ1) is 21.1. The highest BCUT2D eigenvalue weighted by Crippen LogP contribution is 2.35. The molecule has 0 saturated heterocycles. The van der Waals surface area contributed by atoms with Gasteiger partial charge in [0.2, 0.25) is 18.1 Å². The molecule has 9 nitrogen and oxygen atoms in total. The summed E-state index contributed by atoms with van der Waals surface area (Å²) in [6.45, 7) is 10.7. The summed E-state index contributed by atoms with van der Waals surface area (Å²) in [7, 11) is 0. The molecular formula is C23H20N4O5. The largest absolute Gasteiger partial charge is 0.502 e. The molecule has 0 radical (unpaired) electrons. The number of nitrogens with zero attached hydrogens (tertiary/aromatic N) is 4. The Hall–Kier alpha value is -4.19. The lowest BCUT2D eigenvalue weighted by atomic mass is 10.0. The fourth-order valence-corrected chi connectivity index (χ4v) is 3.52. The number of carboxylic acid groups (broad SMARTS) is 1. The van der Waals surface area contributed by atoms with E-state index in [0.717, 1.165) is 16.7 Å². The second kappa shape index (κ2) is 8.89. The molecule has 1 aliphatic carbocycles. The summed E-state index contributed by atoms with van der Waals surface area (Å²) in [6, 6.07) is 10.8. The van der Waals surface area contributed by atoms with Crippen molar-refractivity contribution >= 4 is 17.4 Å². The van der Waals surface area contributed by atoms with Crippen LogP contribution in [0.3, 0.4) is 0 Å². The molecule has 2 aromatic carbocycles. The molecule has 0 spiro atoms. The second-order valence-electron chi connectivity index (χ2n) is 7.42. The first-order valence-corrected chi connectivity index (χ1v) is 10.0. The smallest absolute Gasteiger partial charge is 0.344 e. The Morgan fingerprint density at radius 1 is 1.28 bits per heavy atom. The summed E-state index contributed by atoms with van der Waals surface area (Å²) in [5.41, 5.74) is 4.38. The average molecular weight is 432 g/mol. The zero-order valence-electron chi connectivity index (χ0n) is 17.5. The van der Waals surface area contributed by atoms with Gasteiger partial charge in [-0.05, 0) is 50.5 Å². The minimum atomic E-state index is -1.08. The van der Waals surface area contributed by atoms with E-state index in [1.165, 1.54) is 0 Å². The van der Waals surface area contributed by atoms with E-state index in [1.807, 2.05) is 32.0 Å². The second-order valence-corrected chi connectivity index (χ2v) is 7.42. The summed E-state index contributed by atoms with van der Waals surface area (Å²) in [5, 5.41) is 16.8. The third-order valence-electron chi connectivity index (χ3n) is 4.82. The number of carboxylic acids is 1. The van der Waals surface area contributed by atoms with Crippen LogP contribution in [0.25, 0.3) is 27.7 Å². The Labute approximate surface area is 184 Å². The molecule has 1 N–H and O–H groups in total. The lowest BCUT2D eigenvalue weighted by molar-refractivity contribution is -0.142. The molecule has 0 aliphatic heterocycles. The van der Waals surface area contributed by atoms with Gasteiger partial charge < -0.3 is 19.2 Å². The van der Waals surface area contributed by atoms with Gasteiger partial charge in [-0.25, -0.2) is 9.64 Å². The van der Waals surface area contributed by atoms with Crippen LogP contribution < -0.4 is 4.74 Å². The number of hydrogen-bond acceptors (Lipinski definition) is 7. The van der Waals surface area contributed by atoms with Gasteiger partial charge in [-0.2, -0.15) is 4.98 Å². The van der Waals surface area contributed by atoms with Crippen molar-refractivity contribution in [3.8, 4) is 28.6 Å². The molecule has 0 fully saturated rings. The highest BCUT2D eigenvalue weighted by Gasteiger charge is 2.24. The van der Waals surface area contributed by atoms with Crippen molar-refractivity contribution < 1.29 is 24.0 Å². The molecule has 9 heteroatoms. The van der Waals surface area contributed by atoms with E-state index in [0.29, 0.717) is 47.3 Å². The Kier molecular flexibility index (Phi) is 5.85. The predicted molar refractivity (Wildman–Crippen MR) is 116 cm³/mol. The minimum Gasteiger partial charge on any atom is -0.502 e. The van der Waals surface area contributed by atoms with Crippen molar-refractivity contribution in [3.63, 3.8) is 0 Å². The van der Waals surface area contributed by atoms with Crippen molar-refractivity contribution in [2.75, 3.05) is 6.61 Å². The molecule has 1 aliphatic rings. The summed E-state index contributed by atoms with van der Waals surface area (Å²) >= 11 is 0. The first-order chi connectivity index (χ1) is 15.5. The maximum atomic E-state index is 10.6. The van der Waals surface area contributed by atoms with Gasteiger partial charge >= 0.3 is 5.97 Å². The van der Waals surface area contributed by atoms with Crippen LogP contribution >= 0.6 is 0 Å². The molecule has 0 bridgehead atoms. The number of hydrogen-bond donors (Lipinski definition) is 1. The lowest BCUT2D eigenvalue weighted by Crippen LogP contribution is -2.05. The molecule has 0 saturated carbocycles. The maximum absolute atomic E-state index is 10.6. The van der Waals surface area contributed by atoms with Crippen molar-refractivity contribution in [2.45, 2.75) is 32.8 Å². The van der Waals surface area contributed by atoms with Crippen molar-refractivity contribution in [1.29, 1.82) is 0 Å². The fraction of sp³-hybridized carbons (Fsp3) is 0.261. The van der Waals surface area contributed by atoms with Crippen LogP contribution in [0.15, 0.2) is 46.1 Å². The van der Waals surface area contributed by atoms with Gasteiger partial charge in [-0.15, -0.1) is 0 Å². The molecule has 1 heterocycles. The lowest BCUT2D eigenvalue weighted by Gasteiger charge is -2.11. The van der Waals surface area contributed by atoms with Crippen molar-refractivity contribution in [3.05, 3.63) is 58.9 Å². The number of fused-ring (bicyclic) bond motifs is 1. The SMILES string of the molecule is [C-]#[N+]c1cc(-c2nc(-c3cccc4c3CC/C4=N/OCC(=O)O)no2)ccc1OC(C)C. The van der Waals surface area contributed by atoms with Gasteiger partial charge in [0, 0.05) is 16.7 Å². The normalized spacial score (nSPS) is 13.8. The minimum absolute atomic E-state index is 0.0421. The quantitative estimate of drug-likeness (QED) is 0.432. The van der Waals surface area contributed by atoms with E-state index in [-0.39, 0.29) is 6.10 Å². The standard InChI is InChI=1S/C23H20N4O5/c1-13(2)31-20-10-7-14(11-19(20)24-3)23-25-22(27-32-23)17-6-4-5-16-15(17)8-9-18(16)26-30-12-21(28)29/h4-7,10-11,13H,8-9,12H2,1-2H3,(H,28,29)/b26-18-. The maximum Gasteiger partial charge on any atom is 0.344 e. The highest BCUT2D eigenvalue weighted by atomic mass is 16.6. The van der Waals surface area contributed by atoms with Crippen LogP contribution in [-0.2, 0) is 16.1 Å². The number of rotatable bonds is 7. The Morgan fingerprint density at radius 3 is 2.84 bits per heavy atom. The number of ether oxygens (including phenoxy) is 1. The summed E-state index contributed by atoms with van der Waals surface area (Å²) in [6.07, 6.45) is 1.29. The predicted octanol–water partition coefficient (Wildman–Crippen LogP) is 4.49. The van der Waals surface area contributed by atoms with Crippen molar-refractivity contribution in [2.24, 2.45) is 5.16 Å². The Bertz CT molecular complexity index is 1240. The summed E-state index contributed by atoms with van der Waals surface area (Å²) in [5.74, 6) is 0.161. The first-order valence-electron chi connectivity index (χ1n) is 10.0. The van der Waals surface area contributed by atoms with Gasteiger partial charge in [-0.3, -0.25) is 0 Å². The van der Waals surface area contributed by atoms with Gasteiger partial charge in [-0.1, -0.05) is 28.5 Å². The summed E-state index contributed by atoms with van der Waals surface area (Å²) in [4.78, 5) is 23.6. The van der Waals surface area contributed by atoms with Crippen LogP contribution in [0.1, 0.15) is 31.4 Å². The van der Waals surface area contributed by atoms with Gasteiger partial charge in [0.15, 0.2) is 0 Å². The number of aromatic nitrogens is 2. The fourth-order valence-electron chi connectivity index (χ4n) is 3.52. The number of aliphatic carboxylic acids is 1. The monoisotopic (exact) mass is 432 g/mol. The number of benzene rings is 2. The molecular weight excluding hydrogens is 412 g/mol. The van der Waals surface area contributed by atoms with Crippen LogP contribution in [-0.4, -0.2) is 39.6 Å². The molecule has 0 unspecified atom stereocenters. The third kappa shape index (κ3) is 4.30. The molecule has 32 heavy (non-hydrogen) atoms. The van der Waals surface area contributed by atoms with Crippen molar-refractivity contribution in [1.82, 2.24) is 10.1 Å². The van der Waals surface area contributed by atoms with E-state index in [9.17, 15) is 4.79 Å². The van der Waals surface area contributed by atoms with E-state index < -0.39 is 12.6 Å². The summed E-state index contributed by atoms with van der Waals surface area (Å²) < 4.78 is 11.1. The molecule has 162 valence electrons. The number of carbonyl (C=O) groups is 1. The van der Waals surface area contributed by atoms with E-state index in [4.69, 9.17) is 25.8 Å². The highest BCUT2D eigenvalue weighted by molar-refractivity contribution is 6.05. The van der Waals surface area contributed by atoms with E-state index >= 15 is 0 Å². The number of oxime groups is 1. The zero-order chi connectivity index (χ0) is 22.7. The molecule has 1 aromatic heterocycles. The molecule has 4 rings (SSSR count). The van der Waals surface area contributed by atoms with Gasteiger partial charge in [0.1, 0.15) is 5.75 Å². The molecule has 0 atom stereocenters. The average Bonchev–Trinajstić information content (AvgIpc) is 3.41. The Balaban J connectivity index is 1.62. The van der Waals surface area contributed by atoms with Gasteiger partial charge in [0.25, 0.3) is 5.89 Å². The molecule has 3 aromatic rings. The topological polar surface area (TPSA) is 111 Å². The van der Waals surface area contributed by atoms with Crippen LogP contribution in [0.5, 0.6) is 5.75 Å². The molecule has 0 amide bonds.